The van der Waals surface area contributed by atoms with E-state index in [0.29, 0.717) is 11.4 Å². The van der Waals surface area contributed by atoms with Gasteiger partial charge >= 0.3 is 6.18 Å². The molecule has 26 heavy (non-hydrogen) atoms. The minimum Gasteiger partial charge on any atom is -0.338 e. The molecule has 0 saturated heterocycles. The van der Waals surface area contributed by atoms with Gasteiger partial charge in [0.2, 0.25) is 0 Å². The zero-order valence-electron chi connectivity index (χ0n) is 13.2. The summed E-state index contributed by atoms with van der Waals surface area (Å²) < 4.78 is 38.9. The predicted octanol–water partition coefficient (Wildman–Crippen LogP) is 5.96. The van der Waals surface area contributed by atoms with E-state index in [1.807, 2.05) is 24.3 Å². The number of H-pyrrole nitrogens is 1. The lowest BCUT2D eigenvalue weighted by Crippen LogP contribution is -2.05. The van der Waals surface area contributed by atoms with Crippen molar-refractivity contribution in [1.29, 1.82) is 0 Å². The van der Waals surface area contributed by atoms with Crippen LogP contribution in [0.3, 0.4) is 0 Å². The van der Waals surface area contributed by atoms with E-state index in [4.69, 9.17) is 11.6 Å². The smallest absolute Gasteiger partial charge is 0.338 e. The summed E-state index contributed by atoms with van der Waals surface area (Å²) in [5.74, 6) is 0.688. The van der Waals surface area contributed by atoms with Gasteiger partial charge in [-0.2, -0.15) is 13.2 Å². The van der Waals surface area contributed by atoms with Crippen molar-refractivity contribution in [3.63, 3.8) is 0 Å². The quantitative estimate of drug-likeness (QED) is 0.440. The van der Waals surface area contributed by atoms with Crippen LogP contribution in [0, 0.1) is 0 Å². The Hall–Kier alpha value is -2.86. The number of imidazole rings is 1. The number of nitrogens with one attached hydrogen (secondary N) is 1. The van der Waals surface area contributed by atoms with Gasteiger partial charge in [-0.1, -0.05) is 48.0 Å². The molecule has 0 atom stereocenters. The minimum atomic E-state index is -4.48. The lowest BCUT2D eigenvalue weighted by molar-refractivity contribution is -0.137. The van der Waals surface area contributed by atoms with E-state index in [2.05, 4.69) is 15.0 Å². The van der Waals surface area contributed by atoms with Gasteiger partial charge < -0.3 is 4.98 Å². The summed E-state index contributed by atoms with van der Waals surface area (Å²) in [6.45, 7) is 0. The molecule has 1 N–H and O–H groups in total. The number of benzene rings is 2. The molecule has 2 aromatic heterocycles. The topological polar surface area (TPSA) is 41.6 Å². The minimum absolute atomic E-state index is 0.168. The number of aromatic nitrogens is 3. The van der Waals surface area contributed by atoms with Gasteiger partial charge in [0.15, 0.2) is 0 Å². The molecule has 4 aromatic rings. The normalized spacial score (nSPS) is 11.8. The molecule has 0 aliphatic heterocycles. The average molecular weight is 374 g/mol. The van der Waals surface area contributed by atoms with Gasteiger partial charge in [0.1, 0.15) is 11.0 Å². The molecular weight excluding hydrogens is 363 g/mol. The molecular formula is C19H11ClF3N3. The molecule has 2 heterocycles. The summed E-state index contributed by atoms with van der Waals surface area (Å²) in [5.41, 5.74) is 2.46. The number of aromatic amines is 1. The number of alkyl halides is 3. The Bertz CT molecular complexity index is 1050. The van der Waals surface area contributed by atoms with Crippen molar-refractivity contribution in [1.82, 2.24) is 15.0 Å². The molecule has 0 aliphatic carbocycles. The van der Waals surface area contributed by atoms with Crippen molar-refractivity contribution < 1.29 is 13.2 Å². The number of fused-ring (bicyclic) bond motifs is 1. The second kappa shape index (κ2) is 6.14. The summed E-state index contributed by atoms with van der Waals surface area (Å²) in [7, 11) is 0. The monoisotopic (exact) mass is 373 g/mol. The van der Waals surface area contributed by atoms with E-state index < -0.39 is 11.7 Å². The first-order valence-electron chi connectivity index (χ1n) is 7.70. The van der Waals surface area contributed by atoms with Crippen LogP contribution in [0.15, 0.2) is 60.7 Å². The average Bonchev–Trinajstić information content (AvgIpc) is 3.05. The van der Waals surface area contributed by atoms with Gasteiger partial charge in [-0.05, 0) is 24.3 Å². The highest BCUT2D eigenvalue weighted by molar-refractivity contribution is 6.29. The van der Waals surface area contributed by atoms with Crippen molar-refractivity contribution in [2.45, 2.75) is 6.18 Å². The highest BCUT2D eigenvalue weighted by Crippen LogP contribution is 2.33. The Morgan fingerprint density at radius 2 is 1.54 bits per heavy atom. The lowest BCUT2D eigenvalue weighted by atomic mass is 10.1. The second-order valence-corrected chi connectivity index (χ2v) is 6.13. The van der Waals surface area contributed by atoms with Gasteiger partial charge in [0.05, 0.1) is 22.3 Å². The maximum absolute atomic E-state index is 13.0. The summed E-state index contributed by atoms with van der Waals surface area (Å²) in [6, 6.07) is 16.4. The number of nitrogens with zero attached hydrogens (tertiary/aromatic N) is 2. The third kappa shape index (κ3) is 3.15. The zero-order chi connectivity index (χ0) is 18.3. The van der Waals surface area contributed by atoms with Crippen LogP contribution in [0.1, 0.15) is 5.56 Å². The molecule has 4 rings (SSSR count). The molecule has 3 nitrogen and oxygen atoms in total. The zero-order valence-corrected chi connectivity index (χ0v) is 13.9. The van der Waals surface area contributed by atoms with Gasteiger partial charge in [-0.25, -0.2) is 9.97 Å². The fourth-order valence-electron chi connectivity index (χ4n) is 2.70. The molecule has 0 saturated carbocycles. The molecule has 2 aromatic carbocycles. The van der Waals surface area contributed by atoms with E-state index in [-0.39, 0.29) is 10.8 Å². The van der Waals surface area contributed by atoms with Gasteiger partial charge in [-0.15, -0.1) is 0 Å². The van der Waals surface area contributed by atoms with Gasteiger partial charge in [-0.3, -0.25) is 0 Å². The molecule has 0 radical (unpaired) electrons. The predicted molar refractivity (Wildman–Crippen MR) is 94.8 cm³/mol. The first kappa shape index (κ1) is 16.6. The summed E-state index contributed by atoms with van der Waals surface area (Å²) >= 11 is 5.75. The molecule has 130 valence electrons. The fourth-order valence-corrected chi connectivity index (χ4v) is 2.91. The van der Waals surface area contributed by atoms with Crippen LogP contribution < -0.4 is 0 Å². The number of para-hydroxylation sites is 2. The van der Waals surface area contributed by atoms with E-state index in [9.17, 15) is 13.2 Å². The maximum Gasteiger partial charge on any atom is 0.416 e. The largest absolute Gasteiger partial charge is 0.416 e. The Balaban J connectivity index is 1.71. The van der Waals surface area contributed by atoms with Crippen LogP contribution in [0.5, 0.6) is 0 Å². The van der Waals surface area contributed by atoms with Crippen molar-refractivity contribution in [3.8, 4) is 22.6 Å². The highest BCUT2D eigenvalue weighted by atomic mass is 35.5. The van der Waals surface area contributed by atoms with Crippen molar-refractivity contribution in [2.75, 3.05) is 0 Å². The molecule has 0 fully saturated rings. The standard InChI is InChI=1S/C19H11ClF3N3/c20-17-10-13(19(21,22)23)9-16(24-17)11-5-7-12(8-6-11)18-25-14-3-1-2-4-15(14)26-18/h1-10H,(H,25,26). The van der Waals surface area contributed by atoms with E-state index in [1.165, 1.54) is 0 Å². The second-order valence-electron chi connectivity index (χ2n) is 5.74. The lowest BCUT2D eigenvalue weighted by Gasteiger charge is -2.09. The van der Waals surface area contributed by atoms with Crippen LogP contribution in [0.4, 0.5) is 13.2 Å². The van der Waals surface area contributed by atoms with Gasteiger partial charge in [0, 0.05) is 11.1 Å². The Kier molecular flexibility index (Phi) is 3.92. The molecule has 0 aliphatic rings. The summed E-state index contributed by atoms with van der Waals surface area (Å²) in [4.78, 5) is 11.7. The van der Waals surface area contributed by atoms with Crippen LogP contribution in [0.2, 0.25) is 5.15 Å². The van der Waals surface area contributed by atoms with Crippen LogP contribution in [-0.2, 0) is 6.18 Å². The fraction of sp³-hybridized carbons (Fsp3) is 0.0526. The van der Waals surface area contributed by atoms with Crippen LogP contribution in [-0.4, -0.2) is 15.0 Å². The third-order valence-corrected chi connectivity index (χ3v) is 4.16. The number of rotatable bonds is 2. The maximum atomic E-state index is 13.0. The molecule has 0 amide bonds. The third-order valence-electron chi connectivity index (χ3n) is 3.96. The van der Waals surface area contributed by atoms with Gasteiger partial charge in [0.25, 0.3) is 0 Å². The first-order chi connectivity index (χ1) is 12.4. The molecule has 7 heteroatoms. The van der Waals surface area contributed by atoms with E-state index in [0.717, 1.165) is 28.7 Å². The van der Waals surface area contributed by atoms with Crippen molar-refractivity contribution in [3.05, 3.63) is 71.4 Å². The Morgan fingerprint density at radius 3 is 2.23 bits per heavy atom. The molecule has 0 unspecified atom stereocenters. The van der Waals surface area contributed by atoms with Crippen molar-refractivity contribution >= 4 is 22.6 Å². The Labute approximate surface area is 151 Å². The molecule has 0 spiro atoms. The van der Waals surface area contributed by atoms with E-state index >= 15 is 0 Å². The highest BCUT2D eigenvalue weighted by Gasteiger charge is 2.31. The SMILES string of the molecule is FC(F)(F)c1cc(Cl)nc(-c2ccc(-c3nc4ccccc4[nH]3)cc2)c1. The molecule has 0 bridgehead atoms. The van der Waals surface area contributed by atoms with Crippen LogP contribution >= 0.6 is 11.6 Å². The summed E-state index contributed by atoms with van der Waals surface area (Å²) in [5, 5.41) is -0.198. The number of hydrogen-bond acceptors (Lipinski definition) is 2. The van der Waals surface area contributed by atoms with Crippen molar-refractivity contribution in [2.24, 2.45) is 0 Å². The number of halogens is 4. The van der Waals surface area contributed by atoms with E-state index in [1.54, 1.807) is 24.3 Å². The number of hydrogen-bond donors (Lipinski definition) is 1. The van der Waals surface area contributed by atoms with Crippen LogP contribution in [0.25, 0.3) is 33.7 Å². The first-order valence-corrected chi connectivity index (χ1v) is 8.08. The summed E-state index contributed by atoms with van der Waals surface area (Å²) in [6.07, 6.45) is -4.48. The Morgan fingerprint density at radius 1 is 0.846 bits per heavy atom. The number of pyridine rings is 1.